The van der Waals surface area contributed by atoms with Crippen LogP contribution in [-0.2, 0) is 0 Å². The first kappa shape index (κ1) is 26.0. The summed E-state index contributed by atoms with van der Waals surface area (Å²) in [5.41, 5.74) is 3.02. The van der Waals surface area contributed by atoms with E-state index in [2.05, 4.69) is 20.5 Å². The van der Waals surface area contributed by atoms with Gasteiger partial charge in [0.2, 0.25) is 0 Å². The fourth-order valence-electron chi connectivity index (χ4n) is 5.80. The number of amides is 2. The highest BCUT2D eigenvalue weighted by Gasteiger charge is 2.42. The van der Waals surface area contributed by atoms with Gasteiger partial charge in [0.15, 0.2) is 0 Å². The molecule has 1 aromatic heterocycles. The average Bonchev–Trinajstić information content (AvgIpc) is 3.19. The molecule has 2 bridgehead atoms. The van der Waals surface area contributed by atoms with Gasteiger partial charge in [0, 0.05) is 40.5 Å². The quantitative estimate of drug-likeness (QED) is 0.421. The second-order valence-electron chi connectivity index (χ2n) is 10.2. The maximum Gasteiger partial charge on any atom is 0.253 e. The molecule has 2 aliphatic heterocycles. The lowest BCUT2D eigenvalue weighted by Crippen LogP contribution is -2.50. The molecule has 0 aliphatic carbocycles. The first-order chi connectivity index (χ1) is 18.3. The molecule has 2 fully saturated rings. The van der Waals surface area contributed by atoms with Crippen LogP contribution in [0.5, 0.6) is 5.75 Å². The molecule has 2 aromatic carbocycles. The van der Waals surface area contributed by atoms with Crippen LogP contribution < -0.4 is 20.3 Å². The van der Waals surface area contributed by atoms with E-state index in [0.29, 0.717) is 28.2 Å². The number of halogens is 1. The zero-order chi connectivity index (χ0) is 26.8. The van der Waals surface area contributed by atoms with Gasteiger partial charge in [-0.25, -0.2) is 4.98 Å². The number of aromatic nitrogens is 1. The van der Waals surface area contributed by atoms with Crippen LogP contribution in [-0.4, -0.2) is 42.0 Å². The molecule has 2 amide bonds. The Hall–Kier alpha value is -3.58. The lowest BCUT2D eigenvalue weighted by Gasteiger charge is -2.40. The minimum atomic E-state index is -0.163. The second-order valence-corrected chi connectivity index (χ2v) is 10.7. The van der Waals surface area contributed by atoms with Crippen LogP contribution in [0.25, 0.3) is 0 Å². The summed E-state index contributed by atoms with van der Waals surface area (Å²) in [6.45, 7) is 3.85. The van der Waals surface area contributed by atoms with Crippen molar-refractivity contribution in [1.29, 1.82) is 0 Å². The van der Waals surface area contributed by atoms with Gasteiger partial charge >= 0.3 is 0 Å². The third-order valence-electron chi connectivity index (χ3n) is 7.81. The summed E-state index contributed by atoms with van der Waals surface area (Å²) >= 11 is 5.97. The number of fused-ring (bicyclic) bond motifs is 2. The molecular formula is C30H33ClN4O3. The Morgan fingerprint density at radius 1 is 1.03 bits per heavy atom. The number of hydrogen-bond acceptors (Lipinski definition) is 5. The van der Waals surface area contributed by atoms with Crippen LogP contribution in [0.2, 0.25) is 5.02 Å². The number of carbonyl (C=O) groups excluding carboxylic acids is 2. The molecular weight excluding hydrogens is 500 g/mol. The number of rotatable bonds is 7. The summed E-state index contributed by atoms with van der Waals surface area (Å²) in [7, 11) is 1.62. The topological polar surface area (TPSA) is 83.6 Å². The number of piperidine rings is 1. The van der Waals surface area contributed by atoms with Crippen LogP contribution in [0, 0.1) is 6.92 Å². The maximum atomic E-state index is 13.0. The molecule has 8 heteroatoms. The van der Waals surface area contributed by atoms with Crippen molar-refractivity contribution in [2.24, 2.45) is 0 Å². The van der Waals surface area contributed by atoms with Crippen molar-refractivity contribution in [3.05, 3.63) is 88.1 Å². The van der Waals surface area contributed by atoms with Gasteiger partial charge in [-0.2, -0.15) is 0 Å². The number of pyridine rings is 1. The van der Waals surface area contributed by atoms with E-state index in [1.54, 1.807) is 13.3 Å². The summed E-state index contributed by atoms with van der Waals surface area (Å²) in [6, 6.07) is 17.4. The molecule has 2 aliphatic rings. The lowest BCUT2D eigenvalue weighted by atomic mass is 9.96. The standard InChI is InChI=1S/C30H33ClN4O3/c1-18-26(5-4-6-27(18)38-3)30(37)34-23-15-24-12-13-25(16-23)35(24)28-14-9-21(17-32-28)29(36)33-19(2)20-7-10-22(31)11-8-20/h4-11,14,17,19,23-25H,12-13,15-16H2,1-3H3,(H,33,36)(H,34,37)/t19-,23-,24+,25-/m0/s1. The van der Waals surface area contributed by atoms with Crippen molar-refractivity contribution in [1.82, 2.24) is 15.6 Å². The first-order valence-corrected chi connectivity index (χ1v) is 13.5. The normalized spacial score (nSPS) is 21.1. The van der Waals surface area contributed by atoms with Gasteiger partial charge in [-0.1, -0.05) is 29.8 Å². The summed E-state index contributed by atoms with van der Waals surface area (Å²) in [6.07, 6.45) is 5.52. The third kappa shape index (κ3) is 5.34. The maximum absolute atomic E-state index is 13.0. The van der Waals surface area contributed by atoms with Crippen molar-refractivity contribution < 1.29 is 14.3 Å². The van der Waals surface area contributed by atoms with E-state index in [-0.39, 0.29) is 23.9 Å². The Kier molecular flexibility index (Phi) is 7.56. The molecule has 0 saturated carbocycles. The van der Waals surface area contributed by atoms with Gasteiger partial charge in [0.25, 0.3) is 11.8 Å². The van der Waals surface area contributed by atoms with Gasteiger partial charge in [0.05, 0.1) is 18.7 Å². The van der Waals surface area contributed by atoms with Gasteiger partial charge in [0.1, 0.15) is 11.6 Å². The number of anilines is 1. The van der Waals surface area contributed by atoms with E-state index in [4.69, 9.17) is 16.3 Å². The Morgan fingerprint density at radius 2 is 1.74 bits per heavy atom. The number of methoxy groups -OCH3 is 1. The third-order valence-corrected chi connectivity index (χ3v) is 8.06. The predicted octanol–water partition coefficient (Wildman–Crippen LogP) is 5.47. The first-order valence-electron chi connectivity index (χ1n) is 13.1. The van der Waals surface area contributed by atoms with Gasteiger partial charge in [-0.15, -0.1) is 0 Å². The summed E-state index contributed by atoms with van der Waals surface area (Å²) in [4.78, 5) is 32.9. The van der Waals surface area contributed by atoms with Crippen LogP contribution >= 0.6 is 11.6 Å². The largest absolute Gasteiger partial charge is 0.496 e. The van der Waals surface area contributed by atoms with Gasteiger partial charge < -0.3 is 20.3 Å². The molecule has 4 atom stereocenters. The molecule has 3 aromatic rings. The van der Waals surface area contributed by atoms with E-state index in [1.165, 1.54) is 0 Å². The molecule has 198 valence electrons. The van der Waals surface area contributed by atoms with Crippen LogP contribution in [0.3, 0.4) is 0 Å². The summed E-state index contributed by atoms with van der Waals surface area (Å²) in [5.74, 6) is 1.38. The van der Waals surface area contributed by atoms with Crippen LogP contribution in [0.1, 0.15) is 70.5 Å². The number of nitrogens with zero attached hydrogens (tertiary/aromatic N) is 2. The average molecular weight is 533 g/mol. The van der Waals surface area contributed by atoms with Gasteiger partial charge in [-0.3, -0.25) is 9.59 Å². The number of hydrogen-bond donors (Lipinski definition) is 2. The number of ether oxygens (including phenoxy) is 1. The molecule has 2 N–H and O–H groups in total. The Labute approximate surface area is 228 Å². The molecule has 7 nitrogen and oxygen atoms in total. The minimum absolute atomic E-state index is 0.0550. The zero-order valence-electron chi connectivity index (χ0n) is 21.9. The summed E-state index contributed by atoms with van der Waals surface area (Å²) < 4.78 is 5.38. The van der Waals surface area contributed by atoms with E-state index in [0.717, 1.165) is 48.4 Å². The van der Waals surface area contributed by atoms with Gasteiger partial charge in [-0.05, 0) is 81.5 Å². The lowest BCUT2D eigenvalue weighted by molar-refractivity contribution is 0.0922. The Morgan fingerprint density at radius 3 is 2.37 bits per heavy atom. The monoisotopic (exact) mass is 532 g/mol. The molecule has 0 radical (unpaired) electrons. The molecule has 3 heterocycles. The van der Waals surface area contributed by atoms with E-state index < -0.39 is 0 Å². The zero-order valence-corrected chi connectivity index (χ0v) is 22.7. The predicted molar refractivity (Wildman–Crippen MR) is 149 cm³/mol. The molecule has 2 saturated heterocycles. The van der Waals surface area contributed by atoms with Crippen molar-refractivity contribution >= 4 is 29.2 Å². The summed E-state index contributed by atoms with van der Waals surface area (Å²) in [5, 5.41) is 6.95. The van der Waals surface area contributed by atoms with Crippen molar-refractivity contribution in [3.8, 4) is 5.75 Å². The number of benzene rings is 2. The van der Waals surface area contributed by atoms with Crippen LogP contribution in [0.4, 0.5) is 5.82 Å². The molecule has 0 spiro atoms. The Bertz CT molecular complexity index is 1300. The fourth-order valence-corrected chi connectivity index (χ4v) is 5.93. The van der Waals surface area contributed by atoms with E-state index in [9.17, 15) is 9.59 Å². The fraction of sp³-hybridized carbons (Fsp3) is 0.367. The van der Waals surface area contributed by atoms with Crippen molar-refractivity contribution in [2.75, 3.05) is 12.0 Å². The number of carbonyl (C=O) groups is 2. The van der Waals surface area contributed by atoms with Crippen molar-refractivity contribution in [3.63, 3.8) is 0 Å². The highest BCUT2D eigenvalue weighted by atomic mass is 35.5. The smallest absolute Gasteiger partial charge is 0.253 e. The number of nitrogens with one attached hydrogen (secondary N) is 2. The molecule has 5 rings (SSSR count). The van der Waals surface area contributed by atoms with Crippen molar-refractivity contribution in [2.45, 2.75) is 63.7 Å². The minimum Gasteiger partial charge on any atom is -0.496 e. The highest BCUT2D eigenvalue weighted by Crippen LogP contribution is 2.38. The highest BCUT2D eigenvalue weighted by molar-refractivity contribution is 6.30. The molecule has 0 unspecified atom stereocenters. The second kappa shape index (κ2) is 11.0. The van der Waals surface area contributed by atoms with E-state index >= 15 is 0 Å². The SMILES string of the molecule is COc1cccc(C(=O)N[C@H]2C[C@H]3CC[C@@H](C2)N3c2ccc(C(=O)N[C@@H](C)c3ccc(Cl)cc3)cn2)c1C. The van der Waals surface area contributed by atoms with Crippen LogP contribution in [0.15, 0.2) is 60.8 Å². The Balaban J connectivity index is 1.20. The molecule has 38 heavy (non-hydrogen) atoms. The van der Waals surface area contributed by atoms with E-state index in [1.807, 2.05) is 68.4 Å².